The molecule has 66 heavy (non-hydrogen) atoms. The van der Waals surface area contributed by atoms with Crippen molar-refractivity contribution in [1.82, 2.24) is 0 Å². The first-order valence-electron chi connectivity index (χ1n) is 25.1. The summed E-state index contributed by atoms with van der Waals surface area (Å²) in [5.41, 5.74) is 2.69. The molecule has 0 aliphatic heterocycles. The molecule has 0 bridgehead atoms. The van der Waals surface area contributed by atoms with Crippen LogP contribution in [0.3, 0.4) is 0 Å². The van der Waals surface area contributed by atoms with Gasteiger partial charge in [0.25, 0.3) is 0 Å². The Balaban J connectivity index is 0.000000169. The van der Waals surface area contributed by atoms with E-state index in [0.717, 1.165) is 77.0 Å². The van der Waals surface area contributed by atoms with Gasteiger partial charge in [0, 0.05) is 23.2 Å². The molecular weight excluding hydrogens is 909 g/mol. The summed E-state index contributed by atoms with van der Waals surface area (Å²) in [5.74, 6) is 2.06. The molecule has 8 fully saturated rings. The highest BCUT2D eigenvalue weighted by Crippen LogP contribution is 2.68. The lowest BCUT2D eigenvalue weighted by Gasteiger charge is -2.59. The Hall–Kier alpha value is -2.50. The summed E-state index contributed by atoms with van der Waals surface area (Å²) in [6, 6.07) is 12.1. The molecule has 0 heterocycles. The highest BCUT2D eigenvalue weighted by atomic mass is 79.9. The topological polar surface area (TPSA) is 113 Å². The summed E-state index contributed by atoms with van der Waals surface area (Å²) in [6.45, 7) is 8.55. The molecule has 8 aliphatic rings. The third kappa shape index (κ3) is 9.68. The monoisotopic (exact) mass is 987 g/mol. The van der Waals surface area contributed by atoms with Gasteiger partial charge in [-0.05, 0) is 224 Å². The number of rotatable bonds is 6. The number of fused-ring (bicyclic) bond motifs is 10. The summed E-state index contributed by atoms with van der Waals surface area (Å²) in [5, 5.41) is 24.5. The Morgan fingerprint density at radius 3 is 1.55 bits per heavy atom. The summed E-state index contributed by atoms with van der Waals surface area (Å²) in [6.07, 6.45) is 14.9. The van der Waals surface area contributed by atoms with Crippen molar-refractivity contribution in [3.05, 3.63) is 60.2 Å². The van der Waals surface area contributed by atoms with Crippen molar-refractivity contribution < 1.29 is 37.4 Å². The van der Waals surface area contributed by atoms with E-state index in [2.05, 4.69) is 35.1 Å². The Morgan fingerprint density at radius 1 is 0.636 bits per heavy atom. The van der Waals surface area contributed by atoms with Gasteiger partial charge in [0.05, 0.1) is 23.1 Å². The maximum atomic E-state index is 16.5. The Bertz CT molecular complexity index is 2040. The predicted octanol–water partition coefficient (Wildman–Crippen LogP) is 13.0. The van der Waals surface area contributed by atoms with Crippen LogP contribution < -0.4 is 11.1 Å². The standard InChI is InChI=1S/C27H37F2NO2.C21H32BrFO2.C6H6FN.CH4/c1-25(32)12-13-27(29)17(15-25)6-7-20-21-8-9-23(26(21,2)11-10-22(20)27)24(31)16-30-19-5-3-4-18(28)14-19;1-19(25)9-10-21(23)13(11-19)3-4-14-15-5-6-17(18(24)12-22)20(15,2)8-7-16(14)21;7-5-2-1-3-6(8)4-5;/h3-5,14,17,20-23,30,32H,6-13,15-16H2,1-2H3;13-17,25H,3-12H2,1-2H3;1-4H,8H2;1H4/t17-,20+,21+,22+,23-,25-,26+,27-;13-,14+,15+,16+,17-,19-,20+,21-;;/m11../s1. The zero-order valence-electron chi connectivity index (χ0n) is 39.2. The molecular formula is C55H79BrF4N2O4. The fraction of sp³-hybridized carbons (Fsp3) is 0.745. The number of nitrogens with one attached hydrogen (secondary N) is 1. The van der Waals surface area contributed by atoms with Crippen molar-refractivity contribution in [1.29, 1.82) is 0 Å². The maximum Gasteiger partial charge on any atom is 0.155 e. The zero-order valence-corrected chi connectivity index (χ0v) is 40.8. The number of carbonyl (C=O) groups excluding carboxylic acids is 2. The van der Waals surface area contributed by atoms with E-state index in [1.165, 1.54) is 24.3 Å². The van der Waals surface area contributed by atoms with E-state index in [1.807, 2.05) is 13.8 Å². The van der Waals surface area contributed by atoms with Crippen LogP contribution in [0.25, 0.3) is 0 Å². The lowest BCUT2D eigenvalue weighted by molar-refractivity contribution is -0.165. The Kier molecular flexibility index (Phi) is 15.1. The largest absolute Gasteiger partial charge is 0.399 e. The van der Waals surface area contributed by atoms with Crippen LogP contribution in [-0.2, 0) is 9.59 Å². The number of alkyl halides is 3. The van der Waals surface area contributed by atoms with Gasteiger partial charge >= 0.3 is 0 Å². The number of nitrogen functional groups attached to an aromatic ring is 1. The number of nitrogens with two attached hydrogens (primary N) is 1. The minimum atomic E-state index is -1.15. The van der Waals surface area contributed by atoms with Gasteiger partial charge in [-0.25, -0.2) is 17.6 Å². The summed E-state index contributed by atoms with van der Waals surface area (Å²) in [4.78, 5) is 25.7. The molecule has 11 heteroatoms. The molecule has 2 aromatic carbocycles. The second kappa shape index (κ2) is 19.4. The molecule has 10 rings (SSSR count). The number of halogens is 5. The summed E-state index contributed by atoms with van der Waals surface area (Å²) < 4.78 is 58.2. The third-order valence-corrected chi connectivity index (χ3v) is 20.2. The minimum Gasteiger partial charge on any atom is -0.399 e. The minimum absolute atomic E-state index is 0. The molecule has 8 saturated carbocycles. The predicted molar refractivity (Wildman–Crippen MR) is 259 cm³/mol. The average Bonchev–Trinajstić information content (AvgIpc) is 3.80. The van der Waals surface area contributed by atoms with Gasteiger partial charge in [0.2, 0.25) is 0 Å². The van der Waals surface area contributed by atoms with Crippen LogP contribution in [0.15, 0.2) is 48.5 Å². The molecule has 0 saturated heterocycles. The van der Waals surface area contributed by atoms with Crippen molar-refractivity contribution >= 4 is 38.9 Å². The first kappa shape index (κ1) is 51.4. The van der Waals surface area contributed by atoms with Crippen molar-refractivity contribution in [3.63, 3.8) is 0 Å². The van der Waals surface area contributed by atoms with E-state index < -0.39 is 22.5 Å². The van der Waals surface area contributed by atoms with Gasteiger partial charge in [-0.3, -0.25) is 9.59 Å². The van der Waals surface area contributed by atoms with Gasteiger partial charge in [-0.1, -0.05) is 49.3 Å². The number of Topliss-reactive ketones (excluding diaryl/α,β-unsaturated/α-hetero) is 2. The first-order chi connectivity index (χ1) is 30.6. The molecule has 0 unspecified atom stereocenters. The van der Waals surface area contributed by atoms with Crippen molar-refractivity contribution in [2.24, 2.45) is 70.0 Å². The van der Waals surface area contributed by atoms with Crippen molar-refractivity contribution in [3.8, 4) is 0 Å². The Morgan fingerprint density at radius 2 is 1.11 bits per heavy atom. The SMILES string of the molecule is C.C[C@@]1(O)CC[C@@]2(F)[C@H](CC[C@H]3[C@@H]4CC[C@H](C(=O)CBr)[C@@]4(C)CC[C@@H]32)C1.C[C@@]1(O)CC[C@@]2(F)[C@H](CC[C@H]3[C@@H]4CC[C@H](C(=O)CNc5cccc(F)c5)[C@@]4(C)CC[C@@H]32)C1.Nc1cccc(F)c1. The molecule has 0 aromatic heterocycles. The quantitative estimate of drug-likeness (QED) is 0.130. The van der Waals surface area contributed by atoms with Gasteiger partial charge < -0.3 is 21.3 Å². The summed E-state index contributed by atoms with van der Waals surface area (Å²) >= 11 is 3.37. The lowest BCUT2D eigenvalue weighted by Crippen LogP contribution is -2.58. The third-order valence-electron chi connectivity index (χ3n) is 19.7. The summed E-state index contributed by atoms with van der Waals surface area (Å²) in [7, 11) is 0. The van der Waals surface area contributed by atoms with E-state index in [4.69, 9.17) is 5.73 Å². The highest BCUT2D eigenvalue weighted by Gasteiger charge is 2.65. The van der Waals surface area contributed by atoms with Gasteiger partial charge in [0.1, 0.15) is 28.8 Å². The normalized spacial score (nSPS) is 44.0. The maximum absolute atomic E-state index is 16.5. The molecule has 0 spiro atoms. The second-order valence-corrected chi connectivity index (χ2v) is 24.0. The second-order valence-electron chi connectivity index (χ2n) is 23.4. The molecule has 6 nitrogen and oxygen atoms in total. The van der Waals surface area contributed by atoms with E-state index >= 15 is 8.78 Å². The number of hydrogen-bond donors (Lipinski definition) is 4. The molecule has 2 aromatic rings. The number of aliphatic hydroxyl groups is 2. The first-order valence-corrected chi connectivity index (χ1v) is 26.2. The van der Waals surface area contributed by atoms with E-state index in [1.54, 1.807) is 24.3 Å². The van der Waals surface area contributed by atoms with E-state index in [9.17, 15) is 28.6 Å². The molecule has 0 amide bonds. The fourth-order valence-electron chi connectivity index (χ4n) is 16.5. The van der Waals surface area contributed by atoms with Crippen molar-refractivity contribution in [2.45, 2.75) is 173 Å². The number of hydrogen-bond acceptors (Lipinski definition) is 6. The van der Waals surface area contributed by atoms with E-state index in [-0.39, 0.29) is 77.7 Å². The van der Waals surface area contributed by atoms with Crippen LogP contribution >= 0.6 is 15.9 Å². The Labute approximate surface area is 400 Å². The molecule has 0 radical (unpaired) electrons. The smallest absolute Gasteiger partial charge is 0.155 e. The van der Waals surface area contributed by atoms with Gasteiger partial charge in [0.15, 0.2) is 5.78 Å². The van der Waals surface area contributed by atoms with Crippen LogP contribution in [0.2, 0.25) is 0 Å². The molecule has 5 N–H and O–H groups in total. The van der Waals surface area contributed by atoms with Crippen LogP contribution in [0.1, 0.15) is 151 Å². The number of carbonyl (C=O) groups is 2. The van der Waals surface area contributed by atoms with Crippen molar-refractivity contribution in [2.75, 3.05) is 22.9 Å². The number of ketones is 2. The van der Waals surface area contributed by atoms with Crippen LogP contribution in [0.4, 0.5) is 28.9 Å². The molecule has 8 aliphatic carbocycles. The highest BCUT2D eigenvalue weighted by molar-refractivity contribution is 9.09. The van der Waals surface area contributed by atoms with E-state index in [0.29, 0.717) is 84.7 Å². The van der Waals surface area contributed by atoms with Gasteiger partial charge in [-0.15, -0.1) is 0 Å². The number of anilines is 2. The zero-order chi connectivity index (χ0) is 46.7. The number of benzene rings is 2. The molecule has 16 atom stereocenters. The lowest BCUT2D eigenvalue weighted by atomic mass is 9.48. The average molecular weight is 988 g/mol. The van der Waals surface area contributed by atoms with Crippen LogP contribution in [0.5, 0.6) is 0 Å². The fourth-order valence-corrected chi connectivity index (χ4v) is 16.9. The van der Waals surface area contributed by atoms with Gasteiger partial charge in [-0.2, -0.15) is 0 Å². The van der Waals surface area contributed by atoms with Crippen LogP contribution in [0, 0.1) is 81.6 Å². The molecule has 368 valence electrons. The van der Waals surface area contributed by atoms with Crippen LogP contribution in [-0.4, -0.2) is 56.2 Å².